The third kappa shape index (κ3) is 4.17. The second-order valence-electron chi connectivity index (χ2n) is 5.74. The van der Waals surface area contributed by atoms with Crippen LogP contribution in [0, 0.1) is 6.92 Å². The molecule has 0 bridgehead atoms. The molecule has 0 radical (unpaired) electrons. The van der Waals surface area contributed by atoms with Gasteiger partial charge in [0.25, 0.3) is 0 Å². The first-order valence-electron chi connectivity index (χ1n) is 7.95. The second-order valence-corrected chi connectivity index (χ2v) is 5.74. The number of aliphatic carboxylic acids is 1. The number of rotatable bonds is 6. The van der Waals surface area contributed by atoms with Gasteiger partial charge in [-0.3, -0.25) is 5.43 Å². The number of anilines is 1. The Balaban J connectivity index is 1.75. The van der Waals surface area contributed by atoms with Gasteiger partial charge in [0.05, 0.1) is 6.20 Å². The maximum atomic E-state index is 11.5. The van der Waals surface area contributed by atoms with Gasteiger partial charge >= 0.3 is 5.97 Å². The minimum atomic E-state index is -1.05. The third-order valence-electron chi connectivity index (χ3n) is 3.89. The molecule has 0 aliphatic heterocycles. The number of benzene rings is 2. The molecule has 0 unspecified atom stereocenters. The lowest BCUT2D eigenvalue weighted by molar-refractivity contribution is -0.129. The molecule has 1 aromatic heterocycles. The SMILES string of the molecule is Cc1ccc(CC/C(=N/Nc2nncc3ccccc23)C(=O)O)cc1. The maximum absolute atomic E-state index is 11.5. The second kappa shape index (κ2) is 7.53. The molecule has 2 aromatic carbocycles. The molecular weight excluding hydrogens is 316 g/mol. The minimum Gasteiger partial charge on any atom is -0.477 e. The summed E-state index contributed by atoms with van der Waals surface area (Å²) in [5.74, 6) is -0.611. The monoisotopic (exact) mass is 334 g/mol. The Hall–Kier alpha value is -3.28. The van der Waals surface area contributed by atoms with E-state index in [0.717, 1.165) is 16.3 Å². The van der Waals surface area contributed by atoms with Crippen molar-refractivity contribution in [3.63, 3.8) is 0 Å². The van der Waals surface area contributed by atoms with E-state index in [1.54, 1.807) is 6.20 Å². The normalized spacial score (nSPS) is 11.5. The van der Waals surface area contributed by atoms with Gasteiger partial charge in [0.2, 0.25) is 0 Å². The lowest BCUT2D eigenvalue weighted by Gasteiger charge is -2.06. The Labute approximate surface area is 145 Å². The Morgan fingerprint density at radius 2 is 1.92 bits per heavy atom. The van der Waals surface area contributed by atoms with Gasteiger partial charge in [-0.15, -0.1) is 5.10 Å². The molecule has 25 heavy (non-hydrogen) atoms. The highest BCUT2D eigenvalue weighted by molar-refractivity contribution is 6.35. The zero-order valence-electron chi connectivity index (χ0n) is 13.8. The van der Waals surface area contributed by atoms with Crippen molar-refractivity contribution < 1.29 is 9.90 Å². The molecule has 3 aromatic rings. The van der Waals surface area contributed by atoms with Crippen LogP contribution in [0.1, 0.15) is 17.5 Å². The summed E-state index contributed by atoms with van der Waals surface area (Å²) in [7, 11) is 0. The predicted molar refractivity (Wildman–Crippen MR) is 97.7 cm³/mol. The van der Waals surface area contributed by atoms with Crippen LogP contribution < -0.4 is 5.43 Å². The van der Waals surface area contributed by atoms with Crippen molar-refractivity contribution in [3.05, 3.63) is 65.9 Å². The number of carbonyl (C=O) groups is 1. The van der Waals surface area contributed by atoms with Crippen LogP contribution in [0.15, 0.2) is 59.8 Å². The highest BCUT2D eigenvalue weighted by Gasteiger charge is 2.11. The standard InChI is InChI=1S/C19H18N4O2/c1-13-6-8-14(9-7-13)10-11-17(19(24)25)21-23-18-16-5-3-2-4-15(16)12-20-22-18/h2-9,12H,10-11H2,1H3,(H,22,23)(H,24,25)/b21-17-. The van der Waals surface area contributed by atoms with Gasteiger partial charge in [-0.05, 0) is 18.9 Å². The van der Waals surface area contributed by atoms with Gasteiger partial charge in [0, 0.05) is 17.2 Å². The molecule has 126 valence electrons. The van der Waals surface area contributed by atoms with Gasteiger partial charge in [0.1, 0.15) is 5.71 Å². The average Bonchev–Trinajstić information content (AvgIpc) is 2.63. The van der Waals surface area contributed by atoms with E-state index in [9.17, 15) is 9.90 Å². The van der Waals surface area contributed by atoms with Crippen LogP contribution in [-0.2, 0) is 11.2 Å². The molecule has 2 N–H and O–H groups in total. The molecule has 6 heteroatoms. The van der Waals surface area contributed by atoms with Crippen molar-refractivity contribution in [2.24, 2.45) is 5.10 Å². The topological polar surface area (TPSA) is 87.5 Å². The molecular formula is C19H18N4O2. The van der Waals surface area contributed by atoms with E-state index in [4.69, 9.17) is 0 Å². The van der Waals surface area contributed by atoms with E-state index in [-0.39, 0.29) is 5.71 Å². The van der Waals surface area contributed by atoms with Crippen LogP contribution in [-0.4, -0.2) is 27.0 Å². The van der Waals surface area contributed by atoms with Crippen LogP contribution in [0.4, 0.5) is 5.82 Å². The first-order chi connectivity index (χ1) is 12.1. The Morgan fingerprint density at radius 1 is 1.16 bits per heavy atom. The summed E-state index contributed by atoms with van der Waals surface area (Å²) in [4.78, 5) is 11.5. The summed E-state index contributed by atoms with van der Waals surface area (Å²) in [5.41, 5.74) is 5.05. The third-order valence-corrected chi connectivity index (χ3v) is 3.89. The molecule has 1 heterocycles. The highest BCUT2D eigenvalue weighted by Crippen LogP contribution is 2.19. The number of fused-ring (bicyclic) bond motifs is 1. The Kier molecular flexibility index (Phi) is 4.99. The fourth-order valence-corrected chi connectivity index (χ4v) is 2.46. The quantitative estimate of drug-likeness (QED) is 0.533. The number of hydrogen-bond donors (Lipinski definition) is 2. The van der Waals surface area contributed by atoms with Crippen LogP contribution in [0.5, 0.6) is 0 Å². The largest absolute Gasteiger partial charge is 0.477 e. The Bertz CT molecular complexity index is 915. The zero-order chi connectivity index (χ0) is 17.6. The maximum Gasteiger partial charge on any atom is 0.352 e. The molecule has 0 amide bonds. The molecule has 0 aliphatic rings. The molecule has 0 aliphatic carbocycles. The summed E-state index contributed by atoms with van der Waals surface area (Å²) >= 11 is 0. The zero-order valence-corrected chi connectivity index (χ0v) is 13.8. The van der Waals surface area contributed by atoms with E-state index in [1.807, 2.05) is 55.5 Å². The number of hydrazone groups is 1. The van der Waals surface area contributed by atoms with Crippen molar-refractivity contribution in [2.45, 2.75) is 19.8 Å². The summed E-state index contributed by atoms with van der Waals surface area (Å²) < 4.78 is 0. The van der Waals surface area contributed by atoms with Crippen LogP contribution in [0.25, 0.3) is 10.8 Å². The molecule has 0 atom stereocenters. The van der Waals surface area contributed by atoms with Gasteiger partial charge in [-0.2, -0.15) is 10.2 Å². The van der Waals surface area contributed by atoms with Crippen molar-refractivity contribution in [1.29, 1.82) is 0 Å². The van der Waals surface area contributed by atoms with Crippen molar-refractivity contribution in [3.8, 4) is 0 Å². The fourth-order valence-electron chi connectivity index (χ4n) is 2.46. The molecule has 0 saturated heterocycles. The lowest BCUT2D eigenvalue weighted by atomic mass is 10.1. The van der Waals surface area contributed by atoms with E-state index in [0.29, 0.717) is 18.7 Å². The van der Waals surface area contributed by atoms with Crippen molar-refractivity contribution in [2.75, 3.05) is 5.43 Å². The van der Waals surface area contributed by atoms with Crippen LogP contribution in [0.3, 0.4) is 0 Å². The molecule has 0 fully saturated rings. The van der Waals surface area contributed by atoms with E-state index >= 15 is 0 Å². The van der Waals surface area contributed by atoms with Crippen LogP contribution in [0.2, 0.25) is 0 Å². The molecule has 0 saturated carbocycles. The number of nitrogens with zero attached hydrogens (tertiary/aromatic N) is 3. The van der Waals surface area contributed by atoms with Gasteiger partial charge < -0.3 is 5.11 Å². The first-order valence-corrected chi connectivity index (χ1v) is 7.95. The first kappa shape index (κ1) is 16.6. The predicted octanol–water partition coefficient (Wildman–Crippen LogP) is 3.42. The Morgan fingerprint density at radius 3 is 2.68 bits per heavy atom. The van der Waals surface area contributed by atoms with Gasteiger partial charge in [-0.25, -0.2) is 4.79 Å². The highest BCUT2D eigenvalue weighted by atomic mass is 16.4. The average molecular weight is 334 g/mol. The summed E-state index contributed by atoms with van der Waals surface area (Å²) in [6, 6.07) is 15.6. The van der Waals surface area contributed by atoms with E-state index in [2.05, 4.69) is 20.7 Å². The van der Waals surface area contributed by atoms with Crippen molar-refractivity contribution in [1.82, 2.24) is 10.2 Å². The number of hydrogen-bond acceptors (Lipinski definition) is 5. The number of carboxylic acids is 1. The molecule has 6 nitrogen and oxygen atoms in total. The van der Waals surface area contributed by atoms with E-state index in [1.165, 1.54) is 5.56 Å². The summed E-state index contributed by atoms with van der Waals surface area (Å²) in [6.07, 6.45) is 2.58. The lowest BCUT2D eigenvalue weighted by Crippen LogP contribution is -2.16. The van der Waals surface area contributed by atoms with Gasteiger partial charge in [0.15, 0.2) is 5.82 Å². The summed E-state index contributed by atoms with van der Waals surface area (Å²) in [5, 5.41) is 23.1. The molecule has 3 rings (SSSR count). The molecule has 0 spiro atoms. The number of aryl methyl sites for hydroxylation is 2. The number of nitrogens with one attached hydrogen (secondary N) is 1. The fraction of sp³-hybridized carbons (Fsp3) is 0.158. The summed E-state index contributed by atoms with van der Waals surface area (Å²) in [6.45, 7) is 2.02. The van der Waals surface area contributed by atoms with Crippen LogP contribution >= 0.6 is 0 Å². The number of aromatic nitrogens is 2. The smallest absolute Gasteiger partial charge is 0.352 e. The number of carboxylic acid groups (broad SMARTS) is 1. The minimum absolute atomic E-state index is 0.0512. The van der Waals surface area contributed by atoms with Gasteiger partial charge in [-0.1, -0.05) is 54.1 Å². The van der Waals surface area contributed by atoms with Crippen molar-refractivity contribution >= 4 is 28.3 Å². The van der Waals surface area contributed by atoms with E-state index < -0.39 is 5.97 Å².